The van der Waals surface area contributed by atoms with E-state index >= 15 is 0 Å². The third-order valence-corrected chi connectivity index (χ3v) is 5.25. The summed E-state index contributed by atoms with van der Waals surface area (Å²) in [6, 6.07) is 19.8. The number of rotatable bonds is 4. The Morgan fingerprint density at radius 2 is 1.76 bits per heavy atom. The van der Waals surface area contributed by atoms with Gasteiger partial charge in [0.2, 0.25) is 5.91 Å². The van der Waals surface area contributed by atoms with Crippen molar-refractivity contribution in [1.82, 2.24) is 4.90 Å². The number of aryl methyl sites for hydroxylation is 1. The van der Waals surface area contributed by atoms with Gasteiger partial charge in [-0.25, -0.2) is 0 Å². The smallest absolute Gasteiger partial charge is 0.246 e. The third kappa shape index (κ3) is 4.35. The van der Waals surface area contributed by atoms with E-state index in [0.29, 0.717) is 18.8 Å². The lowest BCUT2D eigenvalue weighted by atomic mass is 10.1. The summed E-state index contributed by atoms with van der Waals surface area (Å²) in [7, 11) is 0. The number of nitrogens with two attached hydrogens (primary N) is 1. The molecule has 2 heterocycles. The normalized spacial score (nSPS) is 14.5. The molecule has 0 spiro atoms. The zero-order valence-corrected chi connectivity index (χ0v) is 16.5. The van der Waals surface area contributed by atoms with E-state index < -0.39 is 0 Å². The predicted molar refractivity (Wildman–Crippen MR) is 118 cm³/mol. The van der Waals surface area contributed by atoms with Gasteiger partial charge >= 0.3 is 0 Å². The summed E-state index contributed by atoms with van der Waals surface area (Å²) >= 11 is 0. The average Bonchev–Trinajstić information content (AvgIpc) is 3.21. The summed E-state index contributed by atoms with van der Waals surface area (Å²) in [5.41, 5.74) is 9.81. The molecular weight excluding hydrogens is 362 g/mol. The Morgan fingerprint density at radius 1 is 1.00 bits per heavy atom. The number of benzene rings is 2. The highest BCUT2D eigenvalue weighted by molar-refractivity contribution is 5.91. The van der Waals surface area contributed by atoms with Gasteiger partial charge in [0, 0.05) is 49.2 Å². The van der Waals surface area contributed by atoms with Gasteiger partial charge in [0.25, 0.3) is 0 Å². The predicted octanol–water partition coefficient (Wildman–Crippen LogP) is 4.20. The Balaban J connectivity index is 1.36. The van der Waals surface area contributed by atoms with Crippen LogP contribution >= 0.6 is 0 Å². The van der Waals surface area contributed by atoms with Crippen LogP contribution in [0.25, 0.3) is 17.4 Å². The molecule has 1 aliphatic rings. The maximum absolute atomic E-state index is 12.5. The molecule has 1 fully saturated rings. The number of amides is 1. The molecule has 5 heteroatoms. The minimum atomic E-state index is 0.0133. The first-order valence-electron chi connectivity index (χ1n) is 9.83. The van der Waals surface area contributed by atoms with Gasteiger partial charge in [-0.15, -0.1) is 0 Å². The maximum Gasteiger partial charge on any atom is 0.246 e. The highest BCUT2D eigenvalue weighted by Crippen LogP contribution is 2.27. The van der Waals surface area contributed by atoms with E-state index in [1.807, 2.05) is 60.4 Å². The second kappa shape index (κ2) is 8.27. The van der Waals surface area contributed by atoms with E-state index in [9.17, 15) is 4.79 Å². The van der Waals surface area contributed by atoms with Gasteiger partial charge < -0.3 is 20.0 Å². The number of piperazine rings is 1. The van der Waals surface area contributed by atoms with E-state index in [1.54, 1.807) is 12.2 Å². The fourth-order valence-corrected chi connectivity index (χ4v) is 3.63. The molecule has 2 N–H and O–H groups in total. The molecule has 0 radical (unpaired) electrons. The molecule has 1 aromatic heterocycles. The molecule has 2 aromatic carbocycles. The van der Waals surface area contributed by atoms with Crippen LogP contribution in [0.3, 0.4) is 0 Å². The molecule has 0 aliphatic carbocycles. The average molecular weight is 387 g/mol. The number of para-hydroxylation sites is 1. The second-order valence-corrected chi connectivity index (χ2v) is 7.26. The Morgan fingerprint density at radius 3 is 2.48 bits per heavy atom. The Hall–Kier alpha value is -3.47. The molecule has 5 nitrogen and oxygen atoms in total. The van der Waals surface area contributed by atoms with Crippen LogP contribution in [0.1, 0.15) is 11.3 Å². The van der Waals surface area contributed by atoms with Crippen molar-refractivity contribution in [2.45, 2.75) is 6.92 Å². The van der Waals surface area contributed by atoms with Gasteiger partial charge in [0.15, 0.2) is 0 Å². The molecule has 3 aromatic rings. The molecule has 0 unspecified atom stereocenters. The van der Waals surface area contributed by atoms with E-state index in [-0.39, 0.29) is 5.91 Å². The molecule has 0 atom stereocenters. The molecule has 4 rings (SSSR count). The molecule has 0 saturated carbocycles. The second-order valence-electron chi connectivity index (χ2n) is 7.26. The summed E-state index contributed by atoms with van der Waals surface area (Å²) in [4.78, 5) is 16.7. The van der Waals surface area contributed by atoms with E-state index in [0.717, 1.165) is 35.7 Å². The number of hydrogen-bond donors (Lipinski definition) is 1. The molecule has 29 heavy (non-hydrogen) atoms. The van der Waals surface area contributed by atoms with Crippen molar-refractivity contribution in [2.75, 3.05) is 36.8 Å². The van der Waals surface area contributed by atoms with Crippen molar-refractivity contribution in [1.29, 1.82) is 0 Å². The first kappa shape index (κ1) is 18.9. The Labute approximate surface area is 171 Å². The van der Waals surface area contributed by atoms with Gasteiger partial charge in [-0.3, -0.25) is 4.79 Å². The van der Waals surface area contributed by atoms with E-state index in [2.05, 4.69) is 17.0 Å². The van der Waals surface area contributed by atoms with Gasteiger partial charge in [-0.2, -0.15) is 0 Å². The number of anilines is 2. The lowest BCUT2D eigenvalue weighted by Gasteiger charge is -2.35. The van der Waals surface area contributed by atoms with E-state index in [1.165, 1.54) is 5.69 Å². The quantitative estimate of drug-likeness (QED) is 0.538. The maximum atomic E-state index is 12.5. The van der Waals surface area contributed by atoms with Gasteiger partial charge in [0.05, 0.1) is 0 Å². The summed E-state index contributed by atoms with van der Waals surface area (Å²) in [6.45, 7) is 5.11. The Bertz CT molecular complexity index is 1020. The van der Waals surface area contributed by atoms with Crippen molar-refractivity contribution in [3.63, 3.8) is 0 Å². The van der Waals surface area contributed by atoms with Crippen molar-refractivity contribution < 1.29 is 9.21 Å². The zero-order chi connectivity index (χ0) is 20.2. The van der Waals surface area contributed by atoms with Crippen LogP contribution in [-0.4, -0.2) is 37.0 Å². The highest BCUT2D eigenvalue weighted by atomic mass is 16.3. The molecule has 1 saturated heterocycles. The number of carbonyl (C=O) groups excluding carboxylic acids is 1. The minimum Gasteiger partial charge on any atom is -0.457 e. The van der Waals surface area contributed by atoms with Crippen molar-refractivity contribution in [3.8, 4) is 11.3 Å². The van der Waals surface area contributed by atoms with Crippen LogP contribution < -0.4 is 10.6 Å². The Kier molecular flexibility index (Phi) is 5.38. The number of nitrogens with zero attached hydrogens (tertiary/aromatic N) is 2. The highest BCUT2D eigenvalue weighted by Gasteiger charge is 2.19. The van der Waals surface area contributed by atoms with E-state index in [4.69, 9.17) is 10.2 Å². The number of hydrogen-bond acceptors (Lipinski definition) is 4. The lowest BCUT2D eigenvalue weighted by molar-refractivity contribution is -0.126. The summed E-state index contributed by atoms with van der Waals surface area (Å²) in [5.74, 6) is 1.44. The number of carbonyl (C=O) groups is 1. The van der Waals surface area contributed by atoms with Crippen LogP contribution in [0, 0.1) is 6.92 Å². The lowest BCUT2D eigenvalue weighted by Crippen LogP contribution is -2.48. The summed E-state index contributed by atoms with van der Waals surface area (Å²) < 4.78 is 5.90. The van der Waals surface area contributed by atoms with Crippen LogP contribution in [0.2, 0.25) is 0 Å². The molecule has 0 bridgehead atoms. The van der Waals surface area contributed by atoms with Gasteiger partial charge in [-0.1, -0.05) is 18.2 Å². The molecule has 148 valence electrons. The largest absolute Gasteiger partial charge is 0.457 e. The molecular formula is C24H25N3O2. The third-order valence-electron chi connectivity index (χ3n) is 5.25. The monoisotopic (exact) mass is 387 g/mol. The van der Waals surface area contributed by atoms with Crippen LogP contribution in [0.15, 0.2) is 71.2 Å². The fourth-order valence-electron chi connectivity index (χ4n) is 3.63. The van der Waals surface area contributed by atoms with Crippen molar-refractivity contribution >= 4 is 23.4 Å². The van der Waals surface area contributed by atoms with Gasteiger partial charge in [-0.05, 0) is 61.0 Å². The topological polar surface area (TPSA) is 62.7 Å². The minimum absolute atomic E-state index is 0.0133. The SMILES string of the molecule is Cc1cc(N)ccc1-c1ccc(/C=C/C(=O)N2CCN(c3ccccc3)CC2)o1. The number of furan rings is 1. The number of nitrogen functional groups attached to an aromatic ring is 1. The first-order valence-corrected chi connectivity index (χ1v) is 9.83. The van der Waals surface area contributed by atoms with Gasteiger partial charge in [0.1, 0.15) is 11.5 Å². The van der Waals surface area contributed by atoms with Crippen LogP contribution in [0.5, 0.6) is 0 Å². The van der Waals surface area contributed by atoms with Crippen LogP contribution in [0.4, 0.5) is 11.4 Å². The summed E-state index contributed by atoms with van der Waals surface area (Å²) in [6.07, 6.45) is 3.33. The summed E-state index contributed by atoms with van der Waals surface area (Å²) in [5, 5.41) is 0. The molecule has 1 aliphatic heterocycles. The van der Waals surface area contributed by atoms with Crippen molar-refractivity contribution in [3.05, 3.63) is 78.1 Å². The zero-order valence-electron chi connectivity index (χ0n) is 16.5. The van der Waals surface area contributed by atoms with Crippen molar-refractivity contribution in [2.24, 2.45) is 0 Å². The standard InChI is InChI=1S/C24H25N3O2/c1-18-17-19(25)7-10-22(18)23-11-8-21(29-23)9-12-24(28)27-15-13-26(14-16-27)20-5-3-2-4-6-20/h2-12,17H,13-16,25H2,1H3/b12-9+. The fraction of sp³-hybridized carbons (Fsp3) is 0.208. The van der Waals surface area contributed by atoms with Crippen LogP contribution in [-0.2, 0) is 4.79 Å². The first-order chi connectivity index (χ1) is 14.1. The molecule has 1 amide bonds.